The minimum absolute atomic E-state index is 0.0650. The highest BCUT2D eigenvalue weighted by molar-refractivity contribution is 7.80. The van der Waals surface area contributed by atoms with Gasteiger partial charge < -0.3 is 4.74 Å². The standard InChI is InChI=1S/C6H7NO3S/c1-3(8)4-5(9)7(2)6(11)10-4/h4H,1-2H3. The van der Waals surface area contributed by atoms with E-state index in [1.807, 2.05) is 0 Å². The summed E-state index contributed by atoms with van der Waals surface area (Å²) < 4.78 is 4.81. The fraction of sp³-hybridized carbons (Fsp3) is 0.500. The van der Waals surface area contributed by atoms with Crippen molar-refractivity contribution in [3.63, 3.8) is 0 Å². The van der Waals surface area contributed by atoms with Crippen LogP contribution in [0.25, 0.3) is 0 Å². The maximum absolute atomic E-state index is 11.0. The fourth-order valence-electron chi connectivity index (χ4n) is 0.753. The van der Waals surface area contributed by atoms with Gasteiger partial charge >= 0.3 is 0 Å². The molecule has 1 unspecified atom stereocenters. The van der Waals surface area contributed by atoms with Gasteiger partial charge in [0, 0.05) is 7.05 Å². The van der Waals surface area contributed by atoms with Gasteiger partial charge in [-0.3, -0.25) is 14.5 Å². The highest BCUT2D eigenvalue weighted by atomic mass is 32.1. The molecule has 0 aromatic rings. The summed E-state index contributed by atoms with van der Waals surface area (Å²) in [6, 6.07) is 0. The second-order valence-electron chi connectivity index (χ2n) is 2.27. The van der Waals surface area contributed by atoms with Crippen LogP contribution in [-0.4, -0.2) is 34.9 Å². The Hall–Kier alpha value is -0.970. The normalized spacial score (nSPS) is 23.8. The van der Waals surface area contributed by atoms with Crippen LogP contribution in [-0.2, 0) is 14.3 Å². The zero-order chi connectivity index (χ0) is 8.59. The van der Waals surface area contributed by atoms with Gasteiger partial charge in [0.1, 0.15) is 0 Å². The second kappa shape index (κ2) is 2.58. The van der Waals surface area contributed by atoms with Crippen molar-refractivity contribution in [2.45, 2.75) is 13.0 Å². The summed E-state index contributed by atoms with van der Waals surface area (Å²) in [6.45, 7) is 1.30. The first-order valence-corrected chi connectivity index (χ1v) is 3.43. The van der Waals surface area contributed by atoms with Crippen LogP contribution in [0.3, 0.4) is 0 Å². The molecule has 11 heavy (non-hydrogen) atoms. The van der Waals surface area contributed by atoms with E-state index in [2.05, 4.69) is 12.2 Å². The lowest BCUT2D eigenvalue weighted by molar-refractivity contribution is -0.136. The van der Waals surface area contributed by atoms with Gasteiger partial charge in [-0.2, -0.15) is 0 Å². The van der Waals surface area contributed by atoms with Crippen LogP contribution in [0.15, 0.2) is 0 Å². The van der Waals surface area contributed by atoms with Gasteiger partial charge in [-0.25, -0.2) is 0 Å². The Kier molecular flexibility index (Phi) is 1.90. The topological polar surface area (TPSA) is 46.6 Å². The first-order valence-electron chi connectivity index (χ1n) is 3.02. The van der Waals surface area contributed by atoms with Crippen molar-refractivity contribution < 1.29 is 14.3 Å². The zero-order valence-corrected chi connectivity index (χ0v) is 6.97. The number of ketones is 1. The lowest BCUT2D eigenvalue weighted by atomic mass is 10.2. The fourth-order valence-corrected chi connectivity index (χ4v) is 0.939. The largest absolute Gasteiger partial charge is 0.449 e. The molecule has 5 heteroatoms. The molecule has 1 heterocycles. The highest BCUT2D eigenvalue weighted by Gasteiger charge is 2.38. The first-order chi connectivity index (χ1) is 5.04. The number of likely N-dealkylation sites (N-methyl/N-ethyl adjacent to an activating group) is 1. The summed E-state index contributed by atoms with van der Waals surface area (Å²) in [5.41, 5.74) is 0. The second-order valence-corrected chi connectivity index (χ2v) is 2.62. The third-order valence-electron chi connectivity index (χ3n) is 1.42. The minimum Gasteiger partial charge on any atom is -0.449 e. The van der Waals surface area contributed by atoms with Gasteiger partial charge in [-0.1, -0.05) is 0 Å². The average Bonchev–Trinajstić information content (AvgIpc) is 2.17. The molecule has 1 atom stereocenters. The molecule has 1 aliphatic heterocycles. The van der Waals surface area contributed by atoms with Gasteiger partial charge in [-0.15, -0.1) is 0 Å². The Balaban J connectivity index is 2.83. The number of nitrogens with zero attached hydrogens (tertiary/aromatic N) is 1. The van der Waals surface area contributed by atoms with Crippen molar-refractivity contribution in [2.75, 3.05) is 7.05 Å². The van der Waals surface area contributed by atoms with E-state index < -0.39 is 6.10 Å². The average molecular weight is 173 g/mol. The van der Waals surface area contributed by atoms with Crippen LogP contribution in [0.1, 0.15) is 6.92 Å². The molecule has 1 saturated heterocycles. The molecule has 0 radical (unpaired) electrons. The summed E-state index contributed by atoms with van der Waals surface area (Å²) in [5, 5.41) is 0.0650. The third-order valence-corrected chi connectivity index (χ3v) is 1.79. The first kappa shape index (κ1) is 8.13. The van der Waals surface area contributed by atoms with E-state index in [1.54, 1.807) is 0 Å². The lowest BCUT2D eigenvalue weighted by Crippen LogP contribution is -2.30. The smallest absolute Gasteiger partial charge is 0.278 e. The molecule has 0 N–H and O–H groups in total. The number of ether oxygens (including phenoxy) is 1. The third kappa shape index (κ3) is 1.23. The van der Waals surface area contributed by atoms with Crippen LogP contribution in [0.5, 0.6) is 0 Å². The van der Waals surface area contributed by atoms with Gasteiger partial charge in [0.25, 0.3) is 11.1 Å². The van der Waals surface area contributed by atoms with Crippen LogP contribution < -0.4 is 0 Å². The number of hydrogen-bond acceptors (Lipinski definition) is 4. The predicted octanol–water partition coefficient (Wildman–Crippen LogP) is -0.282. The van der Waals surface area contributed by atoms with Crippen molar-refractivity contribution in [3.8, 4) is 0 Å². The predicted molar refractivity (Wildman–Crippen MR) is 40.9 cm³/mol. The summed E-state index contributed by atoms with van der Waals surface area (Å²) in [4.78, 5) is 22.9. The molecule has 0 spiro atoms. The van der Waals surface area contributed by atoms with Crippen molar-refractivity contribution in [2.24, 2.45) is 0 Å². The quantitative estimate of drug-likeness (QED) is 0.404. The van der Waals surface area contributed by atoms with E-state index in [0.29, 0.717) is 0 Å². The molecule has 1 rings (SSSR count). The maximum Gasteiger partial charge on any atom is 0.278 e. The molecular weight excluding hydrogens is 166 g/mol. The number of carbonyl (C=O) groups excluding carboxylic acids is 2. The Labute approximate surface area is 69.1 Å². The van der Waals surface area contributed by atoms with Crippen LogP contribution in [0.2, 0.25) is 0 Å². The number of thiocarbonyl (C=S) groups is 1. The van der Waals surface area contributed by atoms with Crippen molar-refractivity contribution in [3.05, 3.63) is 0 Å². The van der Waals surface area contributed by atoms with E-state index in [0.717, 1.165) is 4.90 Å². The lowest BCUT2D eigenvalue weighted by Gasteiger charge is -2.01. The molecule has 1 aliphatic rings. The van der Waals surface area contributed by atoms with Gasteiger partial charge in [0.15, 0.2) is 5.78 Å². The molecule has 4 nitrogen and oxygen atoms in total. The Morgan fingerprint density at radius 1 is 1.73 bits per heavy atom. The molecule has 1 fully saturated rings. The summed E-state index contributed by atoms with van der Waals surface area (Å²) >= 11 is 4.65. The van der Waals surface area contributed by atoms with Crippen LogP contribution in [0.4, 0.5) is 0 Å². The minimum atomic E-state index is -1.01. The van der Waals surface area contributed by atoms with Gasteiger partial charge in [0.05, 0.1) is 0 Å². The van der Waals surface area contributed by atoms with Gasteiger partial charge in [0.2, 0.25) is 6.10 Å². The van der Waals surface area contributed by atoms with E-state index in [9.17, 15) is 9.59 Å². The van der Waals surface area contributed by atoms with E-state index in [-0.39, 0.29) is 16.9 Å². The SMILES string of the molecule is CC(=O)C1OC(=S)N(C)C1=O. The van der Waals surface area contributed by atoms with Crippen molar-refractivity contribution in [1.82, 2.24) is 4.90 Å². The Morgan fingerprint density at radius 3 is 2.45 bits per heavy atom. The van der Waals surface area contributed by atoms with Crippen LogP contribution >= 0.6 is 12.2 Å². The summed E-state index contributed by atoms with van der Waals surface area (Å²) in [6.07, 6.45) is -1.01. The monoisotopic (exact) mass is 173 g/mol. The summed E-state index contributed by atoms with van der Waals surface area (Å²) in [7, 11) is 1.48. The Morgan fingerprint density at radius 2 is 2.27 bits per heavy atom. The maximum atomic E-state index is 11.0. The number of amides is 1. The molecule has 60 valence electrons. The molecule has 0 aromatic carbocycles. The zero-order valence-electron chi connectivity index (χ0n) is 6.16. The highest BCUT2D eigenvalue weighted by Crippen LogP contribution is 2.11. The number of hydrogen-bond donors (Lipinski definition) is 0. The molecule has 0 aliphatic carbocycles. The van der Waals surface area contributed by atoms with Crippen LogP contribution in [0, 0.1) is 0 Å². The van der Waals surface area contributed by atoms with Crippen molar-refractivity contribution >= 4 is 29.1 Å². The number of rotatable bonds is 1. The van der Waals surface area contributed by atoms with E-state index in [1.165, 1.54) is 14.0 Å². The van der Waals surface area contributed by atoms with E-state index in [4.69, 9.17) is 4.74 Å². The molecule has 0 aromatic heterocycles. The molecule has 0 bridgehead atoms. The van der Waals surface area contributed by atoms with Crippen molar-refractivity contribution in [1.29, 1.82) is 0 Å². The Bertz CT molecular complexity index is 238. The molecule has 1 amide bonds. The molecule has 0 saturated carbocycles. The van der Waals surface area contributed by atoms with E-state index >= 15 is 0 Å². The number of carbonyl (C=O) groups is 2. The molecular formula is C6H7NO3S. The number of Topliss-reactive ketones (excluding diaryl/α,β-unsaturated/α-hetero) is 1. The van der Waals surface area contributed by atoms with Gasteiger partial charge in [-0.05, 0) is 19.1 Å². The summed E-state index contributed by atoms with van der Waals surface area (Å²) in [5.74, 6) is -0.704.